The first-order valence-electron chi connectivity index (χ1n) is 8.95. The second-order valence-corrected chi connectivity index (χ2v) is 8.53. The summed E-state index contributed by atoms with van der Waals surface area (Å²) in [5.74, 6) is -1.84. The average molecular weight is 421 g/mol. The molecule has 0 unspecified atom stereocenters. The molecule has 0 saturated carbocycles. The summed E-state index contributed by atoms with van der Waals surface area (Å²) in [5.41, 5.74) is 0.848. The molecule has 2 aromatic carbocycles. The van der Waals surface area contributed by atoms with Crippen LogP contribution in [0.5, 0.6) is 0 Å². The molecule has 146 valence electrons. The lowest BCUT2D eigenvalue weighted by atomic mass is 10.2. The van der Waals surface area contributed by atoms with Crippen molar-refractivity contribution in [3.8, 4) is 0 Å². The summed E-state index contributed by atoms with van der Waals surface area (Å²) < 4.78 is 33.2. The van der Waals surface area contributed by atoms with Crippen LogP contribution in [0.1, 0.15) is 12.8 Å². The number of halogens is 2. The van der Waals surface area contributed by atoms with Gasteiger partial charge in [-0.2, -0.15) is 0 Å². The molecule has 1 aliphatic rings. The molecule has 2 heterocycles. The number of nitrogens with zero attached hydrogens (tertiary/aromatic N) is 2. The van der Waals surface area contributed by atoms with Crippen LogP contribution in [0.3, 0.4) is 0 Å². The quantitative estimate of drug-likeness (QED) is 0.533. The van der Waals surface area contributed by atoms with Crippen LogP contribution in [-0.4, -0.2) is 35.9 Å². The fourth-order valence-corrected chi connectivity index (χ4v) is 4.83. The minimum Gasteiger partial charge on any atom is -0.376 e. The third-order valence-corrected chi connectivity index (χ3v) is 6.52. The number of fused-ring (bicyclic) bond motifs is 1. The normalized spacial score (nSPS) is 16.6. The van der Waals surface area contributed by atoms with Gasteiger partial charge in [-0.15, -0.1) is 11.8 Å². The number of carbonyl (C=O) groups is 1. The molecule has 4 rings (SSSR count). The van der Waals surface area contributed by atoms with Crippen LogP contribution in [0.2, 0.25) is 0 Å². The number of rotatable bonds is 6. The molecule has 4 nitrogen and oxygen atoms in total. The third kappa shape index (κ3) is 4.34. The lowest BCUT2D eigenvalue weighted by Gasteiger charge is -2.23. The van der Waals surface area contributed by atoms with E-state index in [1.165, 1.54) is 29.2 Å². The zero-order valence-electron chi connectivity index (χ0n) is 14.9. The summed E-state index contributed by atoms with van der Waals surface area (Å²) in [6.45, 7) is 1.15. The first-order valence-corrected chi connectivity index (χ1v) is 10.8. The minimum atomic E-state index is -0.917. The molecule has 1 saturated heterocycles. The Morgan fingerprint density at radius 1 is 1.25 bits per heavy atom. The fraction of sp³-hybridized carbons (Fsp3) is 0.300. The summed E-state index contributed by atoms with van der Waals surface area (Å²) in [4.78, 5) is 19.8. The molecule has 8 heteroatoms. The lowest BCUT2D eigenvalue weighted by Crippen LogP contribution is -2.38. The van der Waals surface area contributed by atoms with Crippen LogP contribution in [0, 0.1) is 11.6 Å². The number of thiazole rings is 1. The van der Waals surface area contributed by atoms with Gasteiger partial charge in [0.2, 0.25) is 5.91 Å². The van der Waals surface area contributed by atoms with Crippen molar-refractivity contribution in [1.29, 1.82) is 0 Å². The fourth-order valence-electron chi connectivity index (χ4n) is 3.04. The molecule has 1 aromatic heterocycles. The molecule has 3 aromatic rings. The average Bonchev–Trinajstić information content (AvgIpc) is 3.36. The summed E-state index contributed by atoms with van der Waals surface area (Å²) in [6.07, 6.45) is 1.88. The van der Waals surface area contributed by atoms with Gasteiger partial charge in [-0.25, -0.2) is 13.8 Å². The third-order valence-electron chi connectivity index (χ3n) is 4.48. The maximum Gasteiger partial charge on any atom is 0.239 e. The van der Waals surface area contributed by atoms with Crippen molar-refractivity contribution < 1.29 is 18.3 Å². The van der Waals surface area contributed by atoms with Crippen molar-refractivity contribution in [3.05, 3.63) is 54.1 Å². The second kappa shape index (κ2) is 8.55. The maximum atomic E-state index is 13.4. The van der Waals surface area contributed by atoms with Crippen LogP contribution in [0.4, 0.5) is 13.9 Å². The number of amides is 1. The first-order chi connectivity index (χ1) is 13.6. The van der Waals surface area contributed by atoms with Gasteiger partial charge in [0.15, 0.2) is 16.8 Å². The number of benzene rings is 2. The van der Waals surface area contributed by atoms with Crippen molar-refractivity contribution in [2.45, 2.75) is 23.8 Å². The van der Waals surface area contributed by atoms with Crippen LogP contribution in [0.25, 0.3) is 10.2 Å². The Morgan fingerprint density at radius 3 is 2.86 bits per heavy atom. The number of para-hydroxylation sites is 1. The van der Waals surface area contributed by atoms with Gasteiger partial charge >= 0.3 is 0 Å². The van der Waals surface area contributed by atoms with Crippen LogP contribution < -0.4 is 4.90 Å². The number of aromatic nitrogens is 1. The Kier molecular flexibility index (Phi) is 5.89. The number of hydrogen-bond donors (Lipinski definition) is 0. The number of carbonyl (C=O) groups excluding carboxylic acids is 1. The van der Waals surface area contributed by atoms with Gasteiger partial charge in [-0.1, -0.05) is 23.5 Å². The van der Waals surface area contributed by atoms with Crippen molar-refractivity contribution in [1.82, 2.24) is 4.98 Å². The molecule has 0 aliphatic carbocycles. The van der Waals surface area contributed by atoms with Gasteiger partial charge in [-0.05, 0) is 43.2 Å². The summed E-state index contributed by atoms with van der Waals surface area (Å²) >= 11 is 2.64. The van der Waals surface area contributed by atoms with E-state index in [9.17, 15) is 13.6 Å². The Labute approximate surface area is 169 Å². The van der Waals surface area contributed by atoms with E-state index < -0.39 is 11.6 Å². The highest BCUT2D eigenvalue weighted by molar-refractivity contribution is 8.00. The summed E-state index contributed by atoms with van der Waals surface area (Å²) in [6, 6.07) is 11.4. The molecule has 1 aliphatic heterocycles. The topological polar surface area (TPSA) is 42.4 Å². The number of ether oxygens (including phenoxy) is 1. The van der Waals surface area contributed by atoms with Gasteiger partial charge in [0.25, 0.3) is 0 Å². The highest BCUT2D eigenvalue weighted by Gasteiger charge is 2.26. The van der Waals surface area contributed by atoms with E-state index in [0.29, 0.717) is 23.2 Å². The predicted octanol–water partition coefficient (Wildman–Crippen LogP) is 4.88. The van der Waals surface area contributed by atoms with Crippen LogP contribution >= 0.6 is 23.1 Å². The number of anilines is 1. The number of hydrogen-bond acceptors (Lipinski definition) is 5. The van der Waals surface area contributed by atoms with E-state index in [4.69, 9.17) is 4.74 Å². The molecule has 28 heavy (non-hydrogen) atoms. The van der Waals surface area contributed by atoms with Crippen molar-refractivity contribution in [3.63, 3.8) is 0 Å². The molecule has 0 radical (unpaired) electrons. The Balaban J connectivity index is 1.53. The highest BCUT2D eigenvalue weighted by atomic mass is 32.2. The van der Waals surface area contributed by atoms with Gasteiger partial charge < -0.3 is 4.74 Å². The second-order valence-electron chi connectivity index (χ2n) is 6.47. The Hall–Kier alpha value is -2.03. The molecule has 0 spiro atoms. The van der Waals surface area contributed by atoms with E-state index in [0.717, 1.165) is 35.2 Å². The molecular weight excluding hydrogens is 402 g/mol. The van der Waals surface area contributed by atoms with Crippen molar-refractivity contribution in [2.75, 3.05) is 23.8 Å². The Bertz CT molecular complexity index is 956. The number of thioether (sulfide) groups is 1. The molecule has 1 fully saturated rings. The van der Waals surface area contributed by atoms with Gasteiger partial charge in [0, 0.05) is 11.5 Å². The first kappa shape index (κ1) is 19.3. The van der Waals surface area contributed by atoms with E-state index >= 15 is 0 Å². The van der Waals surface area contributed by atoms with E-state index in [1.807, 2.05) is 24.3 Å². The molecule has 1 amide bonds. The van der Waals surface area contributed by atoms with Crippen molar-refractivity contribution >= 4 is 44.4 Å². The van der Waals surface area contributed by atoms with E-state index in [1.54, 1.807) is 4.90 Å². The van der Waals surface area contributed by atoms with Gasteiger partial charge in [-0.3, -0.25) is 9.69 Å². The molecule has 0 N–H and O–H groups in total. The molecule has 1 atom stereocenters. The van der Waals surface area contributed by atoms with Gasteiger partial charge in [0.1, 0.15) is 0 Å². The predicted molar refractivity (Wildman–Crippen MR) is 108 cm³/mol. The summed E-state index contributed by atoms with van der Waals surface area (Å²) in [5, 5.41) is 0.632. The zero-order chi connectivity index (χ0) is 19.5. The van der Waals surface area contributed by atoms with Crippen LogP contribution in [0.15, 0.2) is 47.4 Å². The zero-order valence-corrected chi connectivity index (χ0v) is 16.6. The maximum absolute atomic E-state index is 13.4. The monoisotopic (exact) mass is 420 g/mol. The SMILES string of the molecule is O=C(CSc1ccc(F)c(F)c1)N(C[C@H]1CCCO1)c1nc2ccccc2s1. The van der Waals surface area contributed by atoms with E-state index in [-0.39, 0.29) is 17.8 Å². The smallest absolute Gasteiger partial charge is 0.239 e. The molecule has 0 bridgehead atoms. The standard InChI is InChI=1S/C20H18F2N2O2S2/c21-15-8-7-14(10-16(15)22)27-12-19(25)24(11-13-4-3-9-26-13)20-23-17-5-1-2-6-18(17)28-20/h1-2,5-8,10,13H,3-4,9,11-12H2/t13-/m1/s1. The minimum absolute atomic E-state index is 0.00997. The van der Waals surface area contributed by atoms with E-state index in [2.05, 4.69) is 4.98 Å². The van der Waals surface area contributed by atoms with Gasteiger partial charge in [0.05, 0.1) is 28.6 Å². The van der Waals surface area contributed by atoms with Crippen molar-refractivity contribution in [2.24, 2.45) is 0 Å². The molecular formula is C20H18F2N2O2S2. The Morgan fingerprint density at radius 2 is 2.11 bits per heavy atom. The van der Waals surface area contributed by atoms with Crippen LogP contribution in [-0.2, 0) is 9.53 Å². The lowest BCUT2D eigenvalue weighted by molar-refractivity contribution is -0.116. The largest absolute Gasteiger partial charge is 0.376 e. The highest BCUT2D eigenvalue weighted by Crippen LogP contribution is 2.31. The summed E-state index contributed by atoms with van der Waals surface area (Å²) in [7, 11) is 0.